The number of carbonyl (C=O) groups excluding carboxylic acids is 4. The highest BCUT2D eigenvalue weighted by Gasteiger charge is 2.53. The van der Waals surface area contributed by atoms with E-state index in [1.807, 2.05) is 0 Å². The summed E-state index contributed by atoms with van der Waals surface area (Å²) >= 11 is 0. The van der Waals surface area contributed by atoms with E-state index in [9.17, 15) is 24.0 Å². The lowest BCUT2D eigenvalue weighted by Crippen LogP contribution is -2.63. The average molecular weight is 392 g/mol. The molecule has 0 amide bonds. The van der Waals surface area contributed by atoms with Crippen molar-refractivity contribution < 1.29 is 57.5 Å². The summed E-state index contributed by atoms with van der Waals surface area (Å²) in [6, 6.07) is 0. The molecule has 1 rings (SSSR count). The van der Waals surface area contributed by atoms with Crippen LogP contribution in [-0.4, -0.2) is 72.5 Å². The van der Waals surface area contributed by atoms with Crippen molar-refractivity contribution in [3.8, 4) is 0 Å². The topological polar surface area (TPSA) is 161 Å². The fourth-order valence-electron chi connectivity index (χ4n) is 2.38. The SMILES string of the molecule is CC(=O)OC[C@H]1O[C@@H](OC(=O)O)[C@H](OC(C)=O)[C@@H](OC(C)=O)[C@@H]1OC(C)=O. The van der Waals surface area contributed by atoms with Crippen molar-refractivity contribution in [2.45, 2.75) is 58.4 Å². The third-order valence-corrected chi connectivity index (χ3v) is 3.17. The van der Waals surface area contributed by atoms with E-state index < -0.39 is 67.3 Å². The standard InChI is InChI=1S/C15H20O12/c1-6(16)22-5-10-11(23-7(2)17)12(24-8(3)18)13(25-9(4)19)14(26-10)27-15(20)21/h10-14H,5H2,1-4H3,(H,20,21)/t10-,11-,12+,13-,14+/m1/s1. The Morgan fingerprint density at radius 1 is 0.741 bits per heavy atom. The maximum atomic E-state index is 11.5. The molecule has 5 atom stereocenters. The van der Waals surface area contributed by atoms with Gasteiger partial charge in [0, 0.05) is 27.7 Å². The summed E-state index contributed by atoms with van der Waals surface area (Å²) in [4.78, 5) is 56.4. The molecule has 0 bridgehead atoms. The summed E-state index contributed by atoms with van der Waals surface area (Å²) in [5.41, 5.74) is 0. The van der Waals surface area contributed by atoms with Crippen LogP contribution in [0.3, 0.4) is 0 Å². The van der Waals surface area contributed by atoms with Crippen LogP contribution in [-0.2, 0) is 47.6 Å². The Labute approximate surface area is 153 Å². The quantitative estimate of drug-likeness (QED) is 0.467. The third kappa shape index (κ3) is 7.09. The first-order valence-corrected chi connectivity index (χ1v) is 7.71. The van der Waals surface area contributed by atoms with Crippen LogP contribution in [0, 0.1) is 0 Å². The Balaban J connectivity index is 3.29. The first-order valence-electron chi connectivity index (χ1n) is 7.71. The second kappa shape index (κ2) is 9.71. The van der Waals surface area contributed by atoms with Crippen molar-refractivity contribution in [1.29, 1.82) is 0 Å². The number of rotatable bonds is 6. The zero-order valence-corrected chi connectivity index (χ0v) is 15.0. The van der Waals surface area contributed by atoms with Gasteiger partial charge < -0.3 is 33.5 Å². The molecule has 0 aromatic carbocycles. The van der Waals surface area contributed by atoms with Gasteiger partial charge in [-0.05, 0) is 0 Å². The van der Waals surface area contributed by atoms with Crippen molar-refractivity contribution in [3.05, 3.63) is 0 Å². The van der Waals surface area contributed by atoms with E-state index in [1.54, 1.807) is 0 Å². The Kier molecular flexibility index (Phi) is 7.97. The van der Waals surface area contributed by atoms with E-state index in [1.165, 1.54) is 0 Å². The molecule has 0 aromatic rings. The molecule has 0 unspecified atom stereocenters. The molecule has 0 saturated carbocycles. The first kappa shape index (κ1) is 22.2. The number of esters is 4. The first-order chi connectivity index (χ1) is 12.5. The molecule has 1 heterocycles. The van der Waals surface area contributed by atoms with E-state index >= 15 is 0 Å². The number of hydrogen-bond acceptors (Lipinski definition) is 11. The van der Waals surface area contributed by atoms with Crippen molar-refractivity contribution in [2.24, 2.45) is 0 Å². The zero-order valence-electron chi connectivity index (χ0n) is 15.0. The van der Waals surface area contributed by atoms with Crippen LogP contribution in [0.4, 0.5) is 4.79 Å². The lowest BCUT2D eigenvalue weighted by atomic mass is 9.98. The van der Waals surface area contributed by atoms with E-state index in [4.69, 9.17) is 28.8 Å². The minimum atomic E-state index is -1.77. The van der Waals surface area contributed by atoms with Crippen LogP contribution in [0.1, 0.15) is 27.7 Å². The zero-order chi connectivity index (χ0) is 20.7. The van der Waals surface area contributed by atoms with Crippen molar-refractivity contribution >= 4 is 30.0 Å². The highest BCUT2D eigenvalue weighted by atomic mass is 16.8. The lowest BCUT2D eigenvalue weighted by Gasteiger charge is -2.43. The summed E-state index contributed by atoms with van der Waals surface area (Å²) in [5, 5.41) is 8.88. The van der Waals surface area contributed by atoms with Crippen molar-refractivity contribution in [3.63, 3.8) is 0 Å². The molecular formula is C15H20O12. The van der Waals surface area contributed by atoms with Gasteiger partial charge in [0.25, 0.3) is 0 Å². The van der Waals surface area contributed by atoms with Crippen LogP contribution in [0.5, 0.6) is 0 Å². The van der Waals surface area contributed by atoms with Gasteiger partial charge >= 0.3 is 30.0 Å². The molecular weight excluding hydrogens is 372 g/mol. The van der Waals surface area contributed by atoms with Gasteiger partial charge in [0.1, 0.15) is 12.7 Å². The molecule has 1 aliphatic rings. The Morgan fingerprint density at radius 2 is 1.22 bits per heavy atom. The number of ether oxygens (including phenoxy) is 6. The van der Waals surface area contributed by atoms with Gasteiger partial charge in [-0.2, -0.15) is 0 Å². The molecule has 1 aliphatic heterocycles. The third-order valence-electron chi connectivity index (χ3n) is 3.17. The Hall–Kier alpha value is -2.89. The van der Waals surface area contributed by atoms with E-state index in [0.717, 1.165) is 27.7 Å². The van der Waals surface area contributed by atoms with E-state index in [-0.39, 0.29) is 0 Å². The Bertz CT molecular complexity index is 600. The molecule has 27 heavy (non-hydrogen) atoms. The van der Waals surface area contributed by atoms with E-state index in [0.29, 0.717) is 0 Å². The molecule has 1 fully saturated rings. The predicted molar refractivity (Wildman–Crippen MR) is 81.1 cm³/mol. The van der Waals surface area contributed by atoms with Crippen molar-refractivity contribution in [2.75, 3.05) is 6.61 Å². The van der Waals surface area contributed by atoms with Crippen LogP contribution in [0.15, 0.2) is 0 Å². The molecule has 152 valence electrons. The summed E-state index contributed by atoms with van der Waals surface area (Å²) in [7, 11) is 0. The maximum absolute atomic E-state index is 11.5. The minimum Gasteiger partial charge on any atom is -0.463 e. The highest BCUT2D eigenvalue weighted by Crippen LogP contribution is 2.29. The van der Waals surface area contributed by atoms with Gasteiger partial charge in [0.15, 0.2) is 12.2 Å². The average Bonchev–Trinajstić information content (AvgIpc) is 2.49. The van der Waals surface area contributed by atoms with Gasteiger partial charge in [0.05, 0.1) is 0 Å². The molecule has 0 radical (unpaired) electrons. The monoisotopic (exact) mass is 392 g/mol. The van der Waals surface area contributed by atoms with Gasteiger partial charge in [-0.1, -0.05) is 0 Å². The number of carboxylic acid groups (broad SMARTS) is 1. The Morgan fingerprint density at radius 3 is 1.67 bits per heavy atom. The minimum absolute atomic E-state index is 0.475. The van der Waals surface area contributed by atoms with Gasteiger partial charge in [0.2, 0.25) is 12.4 Å². The number of hydrogen-bond donors (Lipinski definition) is 1. The molecule has 1 saturated heterocycles. The smallest absolute Gasteiger partial charge is 0.463 e. The second-order valence-electron chi connectivity index (χ2n) is 5.45. The van der Waals surface area contributed by atoms with Crippen LogP contribution in [0.2, 0.25) is 0 Å². The summed E-state index contributed by atoms with van der Waals surface area (Å²) < 4.78 is 29.9. The van der Waals surface area contributed by atoms with Crippen molar-refractivity contribution in [1.82, 2.24) is 0 Å². The summed E-state index contributed by atoms with van der Waals surface area (Å²) in [6.45, 7) is 3.76. The highest BCUT2D eigenvalue weighted by molar-refractivity contribution is 5.68. The van der Waals surface area contributed by atoms with Gasteiger partial charge in [-0.15, -0.1) is 0 Å². The molecule has 1 N–H and O–H groups in total. The molecule has 0 aliphatic carbocycles. The maximum Gasteiger partial charge on any atom is 0.508 e. The molecule has 0 aromatic heterocycles. The van der Waals surface area contributed by atoms with Gasteiger partial charge in [-0.25, -0.2) is 4.79 Å². The van der Waals surface area contributed by atoms with Gasteiger partial charge in [-0.3, -0.25) is 19.2 Å². The number of carbonyl (C=O) groups is 5. The molecule has 0 spiro atoms. The van der Waals surface area contributed by atoms with Crippen LogP contribution in [0.25, 0.3) is 0 Å². The largest absolute Gasteiger partial charge is 0.508 e. The lowest BCUT2D eigenvalue weighted by molar-refractivity contribution is -0.297. The fraction of sp³-hybridized carbons (Fsp3) is 0.667. The van der Waals surface area contributed by atoms with E-state index in [2.05, 4.69) is 4.74 Å². The summed E-state index contributed by atoms with van der Waals surface area (Å²) in [6.07, 6.45) is -9.18. The molecule has 12 heteroatoms. The van der Waals surface area contributed by atoms with Crippen LogP contribution >= 0.6 is 0 Å². The fourth-order valence-corrected chi connectivity index (χ4v) is 2.38. The molecule has 12 nitrogen and oxygen atoms in total. The normalized spacial score (nSPS) is 27.0. The predicted octanol–water partition coefficient (Wildman–Crippen LogP) is -0.236. The second-order valence-corrected chi connectivity index (χ2v) is 5.45. The summed E-state index contributed by atoms with van der Waals surface area (Å²) in [5.74, 6) is -3.19. The van der Waals surface area contributed by atoms with Crippen LogP contribution < -0.4 is 0 Å².